The molecule has 162 valence electrons. The quantitative estimate of drug-likeness (QED) is 0.612. The summed E-state index contributed by atoms with van der Waals surface area (Å²) < 4.78 is 32.5. The van der Waals surface area contributed by atoms with Crippen LogP contribution in [0.3, 0.4) is 0 Å². The minimum Gasteiger partial charge on any atom is -0.379 e. The Morgan fingerprint density at radius 1 is 1.14 bits per heavy atom. The Bertz CT molecular complexity index is 736. The van der Waals surface area contributed by atoms with Gasteiger partial charge in [-0.15, -0.1) is 0 Å². The Labute approximate surface area is 174 Å². The summed E-state index contributed by atoms with van der Waals surface area (Å²) in [4.78, 5) is 14.9. The van der Waals surface area contributed by atoms with E-state index < -0.39 is 10.0 Å². The third-order valence-electron chi connectivity index (χ3n) is 5.72. The van der Waals surface area contributed by atoms with Crippen molar-refractivity contribution in [3.63, 3.8) is 0 Å². The number of morpholine rings is 1. The van der Waals surface area contributed by atoms with Gasteiger partial charge in [0.2, 0.25) is 15.9 Å². The highest BCUT2D eigenvalue weighted by Crippen LogP contribution is 2.26. The highest BCUT2D eigenvalue weighted by atomic mass is 32.2. The van der Waals surface area contributed by atoms with E-state index in [2.05, 4.69) is 10.2 Å². The first kappa shape index (κ1) is 22.2. The van der Waals surface area contributed by atoms with Gasteiger partial charge >= 0.3 is 0 Å². The van der Waals surface area contributed by atoms with Crippen LogP contribution in [-0.4, -0.2) is 76.0 Å². The number of carbonyl (C=O) groups is 1. The Kier molecular flexibility index (Phi) is 8.47. The van der Waals surface area contributed by atoms with Crippen molar-refractivity contribution in [3.8, 4) is 0 Å². The van der Waals surface area contributed by atoms with Gasteiger partial charge < -0.3 is 10.1 Å². The zero-order valence-corrected chi connectivity index (χ0v) is 17.9. The summed E-state index contributed by atoms with van der Waals surface area (Å²) >= 11 is 0. The molecule has 2 aliphatic heterocycles. The third-order valence-corrected chi connectivity index (χ3v) is 7.60. The molecule has 0 aromatic heterocycles. The molecule has 7 nitrogen and oxygen atoms in total. The van der Waals surface area contributed by atoms with Gasteiger partial charge in [-0.2, -0.15) is 4.31 Å². The van der Waals surface area contributed by atoms with Crippen molar-refractivity contribution < 1.29 is 17.9 Å². The standard InChI is InChI=1S/C21H33N3O4S/c25-21(22-11-5-12-23-14-16-28-17-15-23)10-9-19-6-4-13-24(18-19)29(26,27)20-7-2-1-3-8-20/h1-3,7-8,19H,4-6,9-18H2,(H,22,25). The zero-order chi connectivity index (χ0) is 20.5. The van der Waals surface area contributed by atoms with Crippen LogP contribution in [0.1, 0.15) is 32.1 Å². The Morgan fingerprint density at radius 2 is 1.90 bits per heavy atom. The molecule has 2 fully saturated rings. The van der Waals surface area contributed by atoms with Gasteiger partial charge in [0.25, 0.3) is 0 Å². The second-order valence-electron chi connectivity index (χ2n) is 7.88. The second-order valence-corrected chi connectivity index (χ2v) is 9.82. The van der Waals surface area contributed by atoms with Gasteiger partial charge in [-0.1, -0.05) is 18.2 Å². The van der Waals surface area contributed by atoms with Gasteiger partial charge in [-0.05, 0) is 50.3 Å². The number of nitrogens with zero attached hydrogens (tertiary/aromatic N) is 2. The number of nitrogens with one attached hydrogen (secondary N) is 1. The highest BCUT2D eigenvalue weighted by molar-refractivity contribution is 7.89. The lowest BCUT2D eigenvalue weighted by molar-refractivity contribution is -0.121. The van der Waals surface area contributed by atoms with Crippen LogP contribution in [0, 0.1) is 5.92 Å². The van der Waals surface area contributed by atoms with Crippen molar-refractivity contribution >= 4 is 15.9 Å². The van der Waals surface area contributed by atoms with Crippen molar-refractivity contribution in [3.05, 3.63) is 30.3 Å². The molecule has 1 aromatic rings. The minimum absolute atomic E-state index is 0.0648. The van der Waals surface area contributed by atoms with E-state index in [1.165, 1.54) is 0 Å². The minimum atomic E-state index is -3.44. The largest absolute Gasteiger partial charge is 0.379 e. The van der Waals surface area contributed by atoms with Crippen molar-refractivity contribution in [1.29, 1.82) is 0 Å². The summed E-state index contributed by atoms with van der Waals surface area (Å²) in [5.41, 5.74) is 0. The molecule has 0 spiro atoms. The fraction of sp³-hybridized carbons (Fsp3) is 0.667. The normalized spacial score (nSPS) is 21.7. The first-order valence-corrected chi connectivity index (χ1v) is 12.1. The first-order chi connectivity index (χ1) is 14.1. The molecule has 1 unspecified atom stereocenters. The van der Waals surface area contributed by atoms with E-state index in [-0.39, 0.29) is 11.8 Å². The molecule has 1 amide bonds. The molecule has 0 radical (unpaired) electrons. The Balaban J connectivity index is 1.36. The van der Waals surface area contributed by atoms with Crippen LogP contribution in [0.4, 0.5) is 0 Å². The fourth-order valence-electron chi connectivity index (χ4n) is 4.00. The summed E-state index contributed by atoms with van der Waals surface area (Å²) in [5, 5.41) is 3.00. The molecule has 0 bridgehead atoms. The molecule has 1 N–H and O–H groups in total. The van der Waals surface area contributed by atoms with E-state index >= 15 is 0 Å². The molecule has 29 heavy (non-hydrogen) atoms. The molecule has 1 atom stereocenters. The maximum absolute atomic E-state index is 12.8. The van der Waals surface area contributed by atoms with Crippen LogP contribution in [0.25, 0.3) is 0 Å². The molecular weight excluding hydrogens is 390 g/mol. The number of benzene rings is 1. The maximum atomic E-state index is 12.8. The number of ether oxygens (including phenoxy) is 1. The summed E-state index contributed by atoms with van der Waals surface area (Å²) in [5.74, 6) is 0.302. The summed E-state index contributed by atoms with van der Waals surface area (Å²) in [7, 11) is -3.44. The van der Waals surface area contributed by atoms with Gasteiger partial charge in [0.1, 0.15) is 0 Å². The predicted octanol–water partition coefficient (Wildman–Crippen LogP) is 1.71. The van der Waals surface area contributed by atoms with Crippen LogP contribution in [0.2, 0.25) is 0 Å². The molecule has 0 aliphatic carbocycles. The van der Waals surface area contributed by atoms with E-state index in [1.54, 1.807) is 28.6 Å². The molecule has 2 heterocycles. The third kappa shape index (κ3) is 6.77. The number of carbonyl (C=O) groups excluding carboxylic acids is 1. The maximum Gasteiger partial charge on any atom is 0.243 e. The average molecular weight is 424 g/mol. The number of hydrogen-bond acceptors (Lipinski definition) is 5. The molecule has 3 rings (SSSR count). The summed E-state index contributed by atoms with van der Waals surface area (Å²) in [6.45, 7) is 6.27. The van der Waals surface area contributed by atoms with Crippen LogP contribution in [-0.2, 0) is 19.6 Å². The average Bonchev–Trinajstić information content (AvgIpc) is 2.77. The Hall–Kier alpha value is -1.48. The highest BCUT2D eigenvalue weighted by Gasteiger charge is 2.30. The Morgan fingerprint density at radius 3 is 2.66 bits per heavy atom. The van der Waals surface area contributed by atoms with E-state index in [4.69, 9.17) is 4.74 Å². The molecular formula is C21H33N3O4S. The van der Waals surface area contributed by atoms with E-state index in [0.717, 1.165) is 58.5 Å². The van der Waals surface area contributed by atoms with Crippen molar-refractivity contribution in [2.75, 3.05) is 52.5 Å². The van der Waals surface area contributed by atoms with Crippen LogP contribution >= 0.6 is 0 Å². The number of sulfonamides is 1. The lowest BCUT2D eigenvalue weighted by Gasteiger charge is -2.32. The van der Waals surface area contributed by atoms with E-state index in [9.17, 15) is 13.2 Å². The topological polar surface area (TPSA) is 79.0 Å². The first-order valence-electron chi connectivity index (χ1n) is 10.7. The monoisotopic (exact) mass is 423 g/mol. The van der Waals surface area contributed by atoms with Crippen molar-refractivity contribution in [2.24, 2.45) is 5.92 Å². The van der Waals surface area contributed by atoms with E-state index in [1.807, 2.05) is 6.07 Å². The number of piperidine rings is 1. The SMILES string of the molecule is O=C(CCC1CCCN(S(=O)(=O)c2ccccc2)C1)NCCCN1CCOCC1. The molecule has 2 saturated heterocycles. The van der Waals surface area contributed by atoms with Crippen LogP contribution in [0.15, 0.2) is 35.2 Å². The number of rotatable bonds is 9. The summed E-state index contributed by atoms with van der Waals surface area (Å²) in [6, 6.07) is 8.60. The molecule has 8 heteroatoms. The predicted molar refractivity (Wildman–Crippen MR) is 112 cm³/mol. The van der Waals surface area contributed by atoms with Gasteiger partial charge in [-0.3, -0.25) is 9.69 Å². The molecule has 1 aromatic carbocycles. The van der Waals surface area contributed by atoms with Crippen LogP contribution in [0.5, 0.6) is 0 Å². The summed E-state index contributed by atoms with van der Waals surface area (Å²) in [6.07, 6.45) is 3.96. The van der Waals surface area contributed by atoms with Crippen molar-refractivity contribution in [2.45, 2.75) is 37.0 Å². The van der Waals surface area contributed by atoms with Crippen LogP contribution < -0.4 is 5.32 Å². The molecule has 2 aliphatic rings. The lowest BCUT2D eigenvalue weighted by atomic mass is 9.94. The van der Waals surface area contributed by atoms with E-state index in [0.29, 0.717) is 31.0 Å². The fourth-order valence-corrected chi connectivity index (χ4v) is 5.58. The van der Waals surface area contributed by atoms with Crippen molar-refractivity contribution in [1.82, 2.24) is 14.5 Å². The van der Waals surface area contributed by atoms with Gasteiger partial charge in [0, 0.05) is 39.1 Å². The van der Waals surface area contributed by atoms with Gasteiger partial charge in [-0.25, -0.2) is 8.42 Å². The number of hydrogen-bond donors (Lipinski definition) is 1. The van der Waals surface area contributed by atoms with Gasteiger partial charge in [0.05, 0.1) is 18.1 Å². The smallest absolute Gasteiger partial charge is 0.243 e. The second kappa shape index (κ2) is 11.1. The molecule has 0 saturated carbocycles. The lowest BCUT2D eigenvalue weighted by Crippen LogP contribution is -2.40. The van der Waals surface area contributed by atoms with Gasteiger partial charge in [0.15, 0.2) is 0 Å². The zero-order valence-electron chi connectivity index (χ0n) is 17.1. The number of amides is 1.